The molecular weight excluding hydrogens is 394 g/mol. The Morgan fingerprint density at radius 2 is 1.48 bits per heavy atom. The van der Waals surface area contributed by atoms with Crippen LogP contribution in [0, 0.1) is 0 Å². The predicted molar refractivity (Wildman–Crippen MR) is 94.8 cm³/mol. The van der Waals surface area contributed by atoms with Crippen LogP contribution in [0.25, 0.3) is 0 Å². The van der Waals surface area contributed by atoms with Crippen LogP contribution in [0.5, 0.6) is 0 Å². The second kappa shape index (κ2) is 12.2. The molecule has 4 amide bonds. The largest absolute Gasteiger partial charge is 0.481 e. The number of amides is 4. The normalized spacial score (nSPS) is 14.6. The van der Waals surface area contributed by atoms with Crippen molar-refractivity contribution < 1.29 is 44.1 Å². The average Bonchev–Trinajstić information content (AvgIpc) is 2.60. The van der Waals surface area contributed by atoms with Crippen LogP contribution in [0.1, 0.15) is 26.2 Å². The van der Waals surface area contributed by atoms with Crippen molar-refractivity contribution in [3.63, 3.8) is 0 Å². The summed E-state index contributed by atoms with van der Waals surface area (Å²) in [5.74, 6) is -6.75. The summed E-state index contributed by atoms with van der Waals surface area (Å²) in [7, 11) is 0. The maximum Gasteiger partial charge on any atom is 0.328 e. The number of nitrogens with two attached hydrogens (primary N) is 2. The highest BCUT2D eigenvalue weighted by atomic mass is 16.4. The fourth-order valence-electron chi connectivity index (χ4n) is 2.12. The molecule has 0 heterocycles. The Kier molecular flexibility index (Phi) is 10.9. The number of aliphatic hydroxyl groups excluding tert-OH is 1. The van der Waals surface area contributed by atoms with Crippen LogP contribution in [-0.4, -0.2) is 81.7 Å². The van der Waals surface area contributed by atoms with Crippen molar-refractivity contribution in [2.75, 3.05) is 6.54 Å². The number of carbonyl (C=O) groups excluding carboxylic acids is 4. The molecule has 0 saturated carbocycles. The van der Waals surface area contributed by atoms with E-state index in [9.17, 15) is 33.9 Å². The second-order valence-electron chi connectivity index (χ2n) is 6.05. The summed E-state index contributed by atoms with van der Waals surface area (Å²) < 4.78 is 0. The number of rotatable bonds is 13. The van der Waals surface area contributed by atoms with Crippen molar-refractivity contribution in [3.05, 3.63) is 0 Å². The van der Waals surface area contributed by atoms with E-state index in [1.807, 2.05) is 5.32 Å². The van der Waals surface area contributed by atoms with E-state index in [1.54, 1.807) is 0 Å². The molecule has 0 radical (unpaired) electrons. The van der Waals surface area contributed by atoms with E-state index >= 15 is 0 Å². The van der Waals surface area contributed by atoms with Gasteiger partial charge in [0, 0.05) is 6.42 Å². The SMILES string of the molecule is CC(O)C(NC(=O)C(CC(N)=O)NC(=O)C(CCC(=O)O)NC(=O)CN)C(=O)O. The lowest BCUT2D eigenvalue weighted by molar-refractivity contribution is -0.145. The molecule has 164 valence electrons. The lowest BCUT2D eigenvalue weighted by Gasteiger charge is -2.24. The molecule has 4 unspecified atom stereocenters. The van der Waals surface area contributed by atoms with Gasteiger partial charge in [-0.15, -0.1) is 0 Å². The Morgan fingerprint density at radius 3 is 1.90 bits per heavy atom. The van der Waals surface area contributed by atoms with Crippen molar-refractivity contribution >= 4 is 35.6 Å². The van der Waals surface area contributed by atoms with Crippen LogP contribution in [-0.2, 0) is 28.8 Å². The molecule has 14 nitrogen and oxygen atoms in total. The van der Waals surface area contributed by atoms with E-state index in [4.69, 9.17) is 21.7 Å². The molecule has 0 aliphatic carbocycles. The van der Waals surface area contributed by atoms with Crippen molar-refractivity contribution in [3.8, 4) is 0 Å². The van der Waals surface area contributed by atoms with E-state index in [-0.39, 0.29) is 6.42 Å². The zero-order valence-corrected chi connectivity index (χ0v) is 15.6. The lowest BCUT2D eigenvalue weighted by atomic mass is 10.1. The molecule has 0 aromatic rings. The summed E-state index contributed by atoms with van der Waals surface area (Å²) in [6.07, 6.45) is -3.06. The molecule has 14 heteroatoms. The number of carboxylic acid groups (broad SMARTS) is 2. The quantitative estimate of drug-likeness (QED) is 0.142. The third-order valence-electron chi connectivity index (χ3n) is 3.57. The van der Waals surface area contributed by atoms with Gasteiger partial charge in [0.2, 0.25) is 23.6 Å². The highest BCUT2D eigenvalue weighted by molar-refractivity contribution is 5.96. The van der Waals surface area contributed by atoms with Crippen LogP contribution in [0.2, 0.25) is 0 Å². The number of carboxylic acids is 2. The highest BCUT2D eigenvalue weighted by Gasteiger charge is 2.32. The molecule has 0 spiro atoms. The first-order valence-corrected chi connectivity index (χ1v) is 8.40. The smallest absolute Gasteiger partial charge is 0.328 e. The molecule has 29 heavy (non-hydrogen) atoms. The molecule has 0 saturated heterocycles. The molecule has 0 aliphatic heterocycles. The minimum atomic E-state index is -1.73. The standard InChI is InChI=1S/C15H25N5O9/c1-6(21)12(15(28)29)20-14(27)8(4-9(17)22)19-13(26)7(2-3-11(24)25)18-10(23)5-16/h6-8,12,21H,2-5,16H2,1H3,(H2,17,22)(H,18,23)(H,19,26)(H,20,27)(H,24,25)(H,28,29). The van der Waals surface area contributed by atoms with Crippen molar-refractivity contribution in [1.29, 1.82) is 0 Å². The zero-order chi connectivity index (χ0) is 22.7. The average molecular weight is 419 g/mol. The Bertz CT molecular complexity index is 652. The Balaban J connectivity index is 5.41. The van der Waals surface area contributed by atoms with Gasteiger partial charge in [-0.3, -0.25) is 24.0 Å². The molecular formula is C15H25N5O9. The summed E-state index contributed by atoms with van der Waals surface area (Å²) in [5, 5.41) is 33.4. The minimum Gasteiger partial charge on any atom is -0.481 e. The van der Waals surface area contributed by atoms with E-state index in [1.165, 1.54) is 0 Å². The van der Waals surface area contributed by atoms with Gasteiger partial charge >= 0.3 is 11.9 Å². The monoisotopic (exact) mass is 419 g/mol. The summed E-state index contributed by atoms with van der Waals surface area (Å²) in [4.78, 5) is 69.2. The number of hydrogen-bond donors (Lipinski definition) is 8. The number of aliphatic carboxylic acids is 2. The molecule has 0 aliphatic rings. The first-order valence-electron chi connectivity index (χ1n) is 8.40. The van der Waals surface area contributed by atoms with Crippen LogP contribution in [0.4, 0.5) is 0 Å². The van der Waals surface area contributed by atoms with Crippen LogP contribution < -0.4 is 27.4 Å². The Morgan fingerprint density at radius 1 is 0.931 bits per heavy atom. The van der Waals surface area contributed by atoms with Gasteiger partial charge in [0.15, 0.2) is 6.04 Å². The number of hydrogen-bond acceptors (Lipinski definition) is 8. The Labute approximate surface area is 165 Å². The summed E-state index contributed by atoms with van der Waals surface area (Å²) in [6.45, 7) is 0.613. The van der Waals surface area contributed by atoms with Gasteiger partial charge in [0.1, 0.15) is 12.1 Å². The van der Waals surface area contributed by atoms with Gasteiger partial charge in [0.25, 0.3) is 0 Å². The first-order chi connectivity index (χ1) is 13.4. The topological polar surface area (TPSA) is 251 Å². The predicted octanol–water partition coefficient (Wildman–Crippen LogP) is -4.39. The number of primary amides is 1. The summed E-state index contributed by atoms with van der Waals surface area (Å²) in [5.41, 5.74) is 10.2. The number of aliphatic hydroxyl groups is 1. The van der Waals surface area contributed by atoms with E-state index < -0.39 is 79.2 Å². The van der Waals surface area contributed by atoms with E-state index in [0.717, 1.165) is 6.92 Å². The van der Waals surface area contributed by atoms with Crippen molar-refractivity contribution in [2.45, 2.75) is 50.4 Å². The van der Waals surface area contributed by atoms with Crippen molar-refractivity contribution in [1.82, 2.24) is 16.0 Å². The lowest BCUT2D eigenvalue weighted by Crippen LogP contribution is -2.58. The van der Waals surface area contributed by atoms with Gasteiger partial charge in [0.05, 0.1) is 19.1 Å². The Hall–Kier alpha value is -3.26. The van der Waals surface area contributed by atoms with Gasteiger partial charge in [-0.1, -0.05) is 0 Å². The fourth-order valence-corrected chi connectivity index (χ4v) is 2.12. The van der Waals surface area contributed by atoms with Gasteiger partial charge in [-0.05, 0) is 13.3 Å². The van der Waals surface area contributed by atoms with Gasteiger partial charge in [-0.2, -0.15) is 0 Å². The fraction of sp³-hybridized carbons (Fsp3) is 0.600. The van der Waals surface area contributed by atoms with Crippen LogP contribution >= 0.6 is 0 Å². The second-order valence-corrected chi connectivity index (χ2v) is 6.05. The van der Waals surface area contributed by atoms with Crippen molar-refractivity contribution in [2.24, 2.45) is 11.5 Å². The van der Waals surface area contributed by atoms with Crippen LogP contribution in [0.15, 0.2) is 0 Å². The number of carbonyl (C=O) groups is 6. The molecule has 0 aromatic heterocycles. The van der Waals surface area contributed by atoms with Gasteiger partial charge in [-0.25, -0.2) is 4.79 Å². The summed E-state index contributed by atoms with van der Waals surface area (Å²) >= 11 is 0. The summed E-state index contributed by atoms with van der Waals surface area (Å²) in [6, 6.07) is -4.76. The molecule has 0 bridgehead atoms. The minimum absolute atomic E-state index is 0.344. The molecule has 0 rings (SSSR count). The first kappa shape index (κ1) is 25.7. The van der Waals surface area contributed by atoms with E-state index in [2.05, 4.69) is 10.6 Å². The molecule has 0 fully saturated rings. The molecule has 0 aromatic carbocycles. The third-order valence-corrected chi connectivity index (χ3v) is 3.57. The number of nitrogens with one attached hydrogen (secondary N) is 3. The van der Waals surface area contributed by atoms with Crippen LogP contribution in [0.3, 0.4) is 0 Å². The van der Waals surface area contributed by atoms with Gasteiger partial charge < -0.3 is 42.7 Å². The third kappa shape index (κ3) is 10.0. The molecule has 10 N–H and O–H groups in total. The highest BCUT2D eigenvalue weighted by Crippen LogP contribution is 2.02. The maximum absolute atomic E-state index is 12.4. The van der Waals surface area contributed by atoms with E-state index in [0.29, 0.717) is 0 Å². The molecule has 4 atom stereocenters. The maximum atomic E-state index is 12.4. The zero-order valence-electron chi connectivity index (χ0n) is 15.6.